The molecule has 0 saturated carbocycles. The molecule has 0 aliphatic carbocycles. The first-order chi connectivity index (χ1) is 19.0. The zero-order valence-corrected chi connectivity index (χ0v) is 23.4. The number of rotatable bonds is 13. The van der Waals surface area contributed by atoms with Crippen molar-refractivity contribution in [1.29, 1.82) is 0 Å². The number of esters is 1. The van der Waals surface area contributed by atoms with Gasteiger partial charge in [0, 0.05) is 18.3 Å². The Balaban J connectivity index is 2.12. The predicted octanol–water partition coefficient (Wildman–Crippen LogP) is 2.66. The summed E-state index contributed by atoms with van der Waals surface area (Å²) in [5.41, 5.74) is 1.35. The minimum atomic E-state index is -1.00. The minimum absolute atomic E-state index is 0.108. The number of aliphatic hydroxyl groups excluding tert-OH is 1. The van der Waals surface area contributed by atoms with E-state index in [1.807, 2.05) is 44.2 Å². The molecule has 2 atom stereocenters. The summed E-state index contributed by atoms with van der Waals surface area (Å²) in [4.78, 5) is 59.0. The number of benzene rings is 1. The summed E-state index contributed by atoms with van der Waals surface area (Å²) in [6.45, 7) is 6.50. The number of nitrogens with zero attached hydrogens (tertiary/aromatic N) is 2. The van der Waals surface area contributed by atoms with Crippen LogP contribution in [0.3, 0.4) is 0 Å². The summed E-state index contributed by atoms with van der Waals surface area (Å²) in [7, 11) is 1.25. The topological polar surface area (TPSA) is 159 Å². The standard InChI is InChI=1S/C29H37N5O6/c1-18(2)14-24(29(39)40-5)33-28(38)23(15-21-11-7-6-8-12-21)32-26(36)17-30-16-22(20(4)35)27(37)34-25-13-9-10-19(3)31-25/h6-13,16,18,23-24,35H,14-15,17H2,1-5H3,(H,32,36)(H,33,38)(H,31,34,37)/b22-20-,30-16?/t23-,24-/m0/s1. The highest BCUT2D eigenvalue weighted by molar-refractivity contribution is 6.18. The van der Waals surface area contributed by atoms with Gasteiger partial charge < -0.3 is 25.8 Å². The fourth-order valence-corrected chi connectivity index (χ4v) is 3.73. The number of anilines is 1. The van der Waals surface area contributed by atoms with Gasteiger partial charge in [0.25, 0.3) is 5.91 Å². The van der Waals surface area contributed by atoms with Gasteiger partial charge in [-0.15, -0.1) is 0 Å². The van der Waals surface area contributed by atoms with Gasteiger partial charge in [-0.1, -0.05) is 50.2 Å². The first-order valence-electron chi connectivity index (χ1n) is 12.9. The highest BCUT2D eigenvalue weighted by Crippen LogP contribution is 2.10. The summed E-state index contributed by atoms with van der Waals surface area (Å²) in [6.07, 6.45) is 1.62. The summed E-state index contributed by atoms with van der Waals surface area (Å²) >= 11 is 0. The third-order valence-corrected chi connectivity index (χ3v) is 5.66. The quantitative estimate of drug-likeness (QED) is 0.129. The minimum Gasteiger partial charge on any atom is -0.512 e. The molecule has 0 spiro atoms. The lowest BCUT2D eigenvalue weighted by Crippen LogP contribution is -2.53. The molecule has 0 fully saturated rings. The third-order valence-electron chi connectivity index (χ3n) is 5.66. The average Bonchev–Trinajstić information content (AvgIpc) is 2.89. The number of allylic oxidation sites excluding steroid dienone is 1. The largest absolute Gasteiger partial charge is 0.512 e. The van der Waals surface area contributed by atoms with Gasteiger partial charge in [-0.2, -0.15) is 0 Å². The molecule has 2 aromatic rings. The summed E-state index contributed by atoms with van der Waals surface area (Å²) in [6, 6.07) is 12.3. The number of aliphatic hydroxyl groups is 1. The lowest BCUT2D eigenvalue weighted by molar-refractivity contribution is -0.145. The van der Waals surface area contributed by atoms with E-state index in [0.29, 0.717) is 17.9 Å². The monoisotopic (exact) mass is 551 g/mol. The van der Waals surface area contributed by atoms with Crippen LogP contribution < -0.4 is 16.0 Å². The number of carbonyl (C=O) groups is 4. The second kappa shape index (κ2) is 15.8. The number of hydrogen-bond acceptors (Lipinski definition) is 8. The smallest absolute Gasteiger partial charge is 0.328 e. The zero-order valence-electron chi connectivity index (χ0n) is 23.4. The normalized spacial score (nSPS) is 13.2. The van der Waals surface area contributed by atoms with Crippen molar-refractivity contribution in [2.45, 2.75) is 52.6 Å². The van der Waals surface area contributed by atoms with E-state index in [9.17, 15) is 24.3 Å². The van der Waals surface area contributed by atoms with E-state index in [2.05, 4.69) is 25.9 Å². The molecule has 40 heavy (non-hydrogen) atoms. The Labute approximate surface area is 234 Å². The maximum Gasteiger partial charge on any atom is 0.328 e. The Morgan fingerprint density at radius 3 is 2.33 bits per heavy atom. The number of aromatic nitrogens is 1. The van der Waals surface area contributed by atoms with Gasteiger partial charge in [-0.05, 0) is 43.9 Å². The highest BCUT2D eigenvalue weighted by atomic mass is 16.5. The second-order valence-corrected chi connectivity index (χ2v) is 9.61. The van der Waals surface area contributed by atoms with Crippen molar-refractivity contribution >= 4 is 35.7 Å². The van der Waals surface area contributed by atoms with Crippen molar-refractivity contribution in [2.24, 2.45) is 10.9 Å². The van der Waals surface area contributed by atoms with Crippen molar-refractivity contribution in [2.75, 3.05) is 19.0 Å². The van der Waals surface area contributed by atoms with Gasteiger partial charge in [-0.3, -0.25) is 19.4 Å². The number of nitrogens with one attached hydrogen (secondary N) is 3. The van der Waals surface area contributed by atoms with Crippen LogP contribution >= 0.6 is 0 Å². The van der Waals surface area contributed by atoms with E-state index in [1.54, 1.807) is 25.1 Å². The van der Waals surface area contributed by atoms with Gasteiger partial charge in [0.2, 0.25) is 11.8 Å². The Bertz CT molecular complexity index is 1240. The number of aryl methyl sites for hydroxylation is 1. The van der Waals surface area contributed by atoms with Gasteiger partial charge in [0.05, 0.1) is 12.7 Å². The lowest BCUT2D eigenvalue weighted by atomic mass is 10.0. The van der Waals surface area contributed by atoms with E-state index >= 15 is 0 Å². The molecule has 1 heterocycles. The lowest BCUT2D eigenvalue weighted by Gasteiger charge is -2.23. The molecule has 11 heteroatoms. The van der Waals surface area contributed by atoms with Crippen molar-refractivity contribution in [3.05, 3.63) is 71.1 Å². The number of aliphatic imine (C=N–C) groups is 1. The van der Waals surface area contributed by atoms with Crippen LogP contribution in [0.4, 0.5) is 5.82 Å². The maximum absolute atomic E-state index is 13.2. The van der Waals surface area contributed by atoms with Crippen LogP contribution in [0.15, 0.2) is 64.9 Å². The predicted molar refractivity (Wildman–Crippen MR) is 152 cm³/mol. The van der Waals surface area contributed by atoms with Crippen molar-refractivity contribution in [3.63, 3.8) is 0 Å². The number of ether oxygens (including phenoxy) is 1. The highest BCUT2D eigenvalue weighted by Gasteiger charge is 2.28. The van der Waals surface area contributed by atoms with Crippen LogP contribution in [0.25, 0.3) is 0 Å². The van der Waals surface area contributed by atoms with E-state index in [1.165, 1.54) is 14.0 Å². The number of carbonyl (C=O) groups excluding carboxylic acids is 4. The second-order valence-electron chi connectivity index (χ2n) is 9.61. The maximum atomic E-state index is 13.2. The number of hydrogen-bond donors (Lipinski definition) is 4. The van der Waals surface area contributed by atoms with Crippen molar-refractivity contribution in [3.8, 4) is 0 Å². The average molecular weight is 552 g/mol. The van der Waals surface area contributed by atoms with E-state index in [0.717, 1.165) is 11.8 Å². The molecular weight excluding hydrogens is 514 g/mol. The molecule has 4 N–H and O–H groups in total. The van der Waals surface area contributed by atoms with Crippen LogP contribution in [-0.4, -0.2) is 65.7 Å². The first kappa shape index (κ1) is 31.7. The molecule has 0 saturated heterocycles. The number of amides is 3. The fourth-order valence-electron chi connectivity index (χ4n) is 3.73. The molecule has 1 aromatic heterocycles. The molecular formula is C29H37N5O6. The molecule has 11 nitrogen and oxygen atoms in total. The molecule has 0 bridgehead atoms. The van der Waals surface area contributed by atoms with Crippen LogP contribution in [0.5, 0.6) is 0 Å². The molecule has 0 aliphatic heterocycles. The van der Waals surface area contributed by atoms with Gasteiger partial charge in [0.1, 0.15) is 30.2 Å². The Morgan fingerprint density at radius 1 is 1.02 bits per heavy atom. The molecule has 3 amide bonds. The van der Waals surface area contributed by atoms with Crippen LogP contribution in [0, 0.1) is 12.8 Å². The third kappa shape index (κ3) is 10.7. The Kier molecular flexibility index (Phi) is 12.5. The molecule has 1 aromatic carbocycles. The molecule has 214 valence electrons. The number of methoxy groups -OCH3 is 1. The first-order valence-corrected chi connectivity index (χ1v) is 12.9. The zero-order chi connectivity index (χ0) is 29.7. The van der Waals surface area contributed by atoms with E-state index in [4.69, 9.17) is 4.74 Å². The van der Waals surface area contributed by atoms with Crippen LogP contribution in [0.2, 0.25) is 0 Å². The fraction of sp³-hybridized carbons (Fsp3) is 0.379. The molecule has 2 rings (SSSR count). The number of pyridine rings is 1. The van der Waals surface area contributed by atoms with Gasteiger partial charge in [0.15, 0.2) is 0 Å². The molecule has 0 unspecified atom stereocenters. The van der Waals surface area contributed by atoms with Gasteiger partial charge >= 0.3 is 5.97 Å². The van der Waals surface area contributed by atoms with E-state index in [-0.39, 0.29) is 23.7 Å². The summed E-state index contributed by atoms with van der Waals surface area (Å²) in [5.74, 6) is -2.26. The molecule has 0 aliphatic rings. The Hall–Kier alpha value is -4.54. The summed E-state index contributed by atoms with van der Waals surface area (Å²) < 4.78 is 4.83. The molecule has 0 radical (unpaired) electrons. The SMILES string of the molecule is COC(=O)[C@H](CC(C)C)NC(=O)[C@H](Cc1ccccc1)NC(=O)CN=C/C(C(=O)Nc1cccc(C)n1)=C(\C)O. The Morgan fingerprint density at radius 2 is 1.73 bits per heavy atom. The van der Waals surface area contributed by atoms with Gasteiger partial charge in [-0.25, -0.2) is 9.78 Å². The van der Waals surface area contributed by atoms with Crippen molar-refractivity contribution < 1.29 is 29.0 Å². The van der Waals surface area contributed by atoms with Crippen LogP contribution in [0.1, 0.15) is 38.4 Å². The summed E-state index contributed by atoms with van der Waals surface area (Å²) in [5, 5.41) is 17.9. The van der Waals surface area contributed by atoms with Crippen LogP contribution in [-0.2, 0) is 30.3 Å². The van der Waals surface area contributed by atoms with E-state index < -0.39 is 42.3 Å². The van der Waals surface area contributed by atoms with Crippen molar-refractivity contribution in [1.82, 2.24) is 15.6 Å².